The summed E-state index contributed by atoms with van der Waals surface area (Å²) < 4.78 is 2.34. The van der Waals surface area contributed by atoms with Crippen LogP contribution in [-0.2, 0) is 19.5 Å². The molecule has 0 spiro atoms. The lowest BCUT2D eigenvalue weighted by molar-refractivity contribution is 0.203. The van der Waals surface area contributed by atoms with E-state index in [4.69, 9.17) is 0 Å². The molecule has 2 unspecified atom stereocenters. The predicted molar refractivity (Wildman–Crippen MR) is 80.4 cm³/mol. The van der Waals surface area contributed by atoms with Crippen molar-refractivity contribution in [2.24, 2.45) is 11.8 Å². The second-order valence-corrected chi connectivity index (χ2v) is 6.82. The van der Waals surface area contributed by atoms with E-state index >= 15 is 0 Å². The average molecular weight is 276 g/mol. The molecule has 3 rings (SSSR count). The summed E-state index contributed by atoms with van der Waals surface area (Å²) in [4.78, 5) is 0. The number of nitrogens with zero attached hydrogens (tertiary/aromatic N) is 3. The van der Waals surface area contributed by atoms with E-state index in [1.54, 1.807) is 0 Å². The molecule has 20 heavy (non-hydrogen) atoms. The maximum Gasteiger partial charge on any atom is 0.147 e. The van der Waals surface area contributed by atoms with Gasteiger partial charge in [0.1, 0.15) is 11.6 Å². The normalized spacial score (nSPS) is 26.8. The molecule has 1 N–H and O–H groups in total. The summed E-state index contributed by atoms with van der Waals surface area (Å²) in [5.41, 5.74) is 0. The van der Waals surface area contributed by atoms with Crippen molar-refractivity contribution in [1.82, 2.24) is 20.1 Å². The lowest BCUT2D eigenvalue weighted by atomic mass is 9.78. The van der Waals surface area contributed by atoms with Crippen LogP contribution < -0.4 is 5.32 Å². The van der Waals surface area contributed by atoms with Gasteiger partial charge >= 0.3 is 0 Å². The van der Waals surface area contributed by atoms with Crippen LogP contribution in [0.5, 0.6) is 0 Å². The van der Waals surface area contributed by atoms with Crippen LogP contribution in [0, 0.1) is 11.8 Å². The van der Waals surface area contributed by atoms with Gasteiger partial charge in [0.15, 0.2) is 0 Å². The Morgan fingerprint density at radius 2 is 2.00 bits per heavy atom. The van der Waals surface area contributed by atoms with Crippen LogP contribution in [0.15, 0.2) is 0 Å². The molecule has 1 fully saturated rings. The third-order valence-corrected chi connectivity index (χ3v) is 5.13. The van der Waals surface area contributed by atoms with Gasteiger partial charge in [0.05, 0.1) is 6.54 Å². The van der Waals surface area contributed by atoms with Crippen molar-refractivity contribution in [2.75, 3.05) is 0 Å². The molecule has 1 aromatic heterocycles. The van der Waals surface area contributed by atoms with E-state index in [2.05, 4.69) is 33.9 Å². The second-order valence-electron chi connectivity index (χ2n) is 6.82. The largest absolute Gasteiger partial charge is 0.314 e. The van der Waals surface area contributed by atoms with Crippen LogP contribution in [-0.4, -0.2) is 20.8 Å². The highest BCUT2D eigenvalue weighted by atomic mass is 15.3. The van der Waals surface area contributed by atoms with Crippen LogP contribution >= 0.6 is 0 Å². The van der Waals surface area contributed by atoms with Gasteiger partial charge in [0.2, 0.25) is 0 Å². The van der Waals surface area contributed by atoms with Gasteiger partial charge in [-0.15, -0.1) is 10.2 Å². The minimum atomic E-state index is 0.667. The Hall–Kier alpha value is -0.900. The Morgan fingerprint density at radius 3 is 2.85 bits per heavy atom. The molecule has 4 nitrogen and oxygen atoms in total. The molecule has 2 atom stereocenters. The van der Waals surface area contributed by atoms with Crippen molar-refractivity contribution >= 4 is 0 Å². The van der Waals surface area contributed by atoms with Crippen LogP contribution in [0.2, 0.25) is 0 Å². The molecular formula is C16H28N4. The molecule has 1 aliphatic carbocycles. The molecule has 0 aromatic carbocycles. The first-order valence-electron chi connectivity index (χ1n) is 8.40. The van der Waals surface area contributed by atoms with Crippen molar-refractivity contribution in [1.29, 1.82) is 0 Å². The number of rotatable bonds is 4. The number of hydrogen-bond acceptors (Lipinski definition) is 3. The average Bonchev–Trinajstić information content (AvgIpc) is 2.88. The highest BCUT2D eigenvalue weighted by molar-refractivity contribution is 4.99. The third-order valence-electron chi connectivity index (χ3n) is 5.13. The minimum Gasteiger partial charge on any atom is -0.314 e. The fourth-order valence-electron chi connectivity index (χ4n) is 3.93. The SMILES string of the molecule is CC(C)C1CCCCC1NCc1nnc2n1CCCC2. The second kappa shape index (κ2) is 6.25. The molecule has 1 aromatic rings. The molecule has 1 saturated carbocycles. The van der Waals surface area contributed by atoms with Crippen molar-refractivity contribution in [3.05, 3.63) is 11.6 Å². The van der Waals surface area contributed by atoms with Gasteiger partial charge < -0.3 is 9.88 Å². The topological polar surface area (TPSA) is 42.7 Å². The number of aromatic nitrogens is 3. The van der Waals surface area contributed by atoms with E-state index in [0.717, 1.165) is 37.2 Å². The standard InChI is InChI=1S/C16H28N4/c1-12(2)13-7-3-4-8-14(13)17-11-16-19-18-15-9-5-6-10-20(15)16/h12-14,17H,3-11H2,1-2H3. The summed E-state index contributed by atoms with van der Waals surface area (Å²) >= 11 is 0. The maximum atomic E-state index is 4.40. The number of fused-ring (bicyclic) bond motifs is 1. The van der Waals surface area contributed by atoms with Crippen molar-refractivity contribution < 1.29 is 0 Å². The van der Waals surface area contributed by atoms with Crippen LogP contribution in [0.4, 0.5) is 0 Å². The molecule has 2 heterocycles. The minimum absolute atomic E-state index is 0.667. The van der Waals surface area contributed by atoms with Gasteiger partial charge in [-0.2, -0.15) is 0 Å². The van der Waals surface area contributed by atoms with Crippen molar-refractivity contribution in [3.8, 4) is 0 Å². The first kappa shape index (κ1) is 14.1. The quantitative estimate of drug-likeness (QED) is 0.919. The first-order chi connectivity index (χ1) is 9.75. The van der Waals surface area contributed by atoms with Gasteiger partial charge in [-0.05, 0) is 37.5 Å². The molecule has 0 amide bonds. The van der Waals surface area contributed by atoms with E-state index in [-0.39, 0.29) is 0 Å². The van der Waals surface area contributed by atoms with Crippen molar-refractivity contribution in [3.63, 3.8) is 0 Å². The summed E-state index contributed by atoms with van der Waals surface area (Å²) in [6.45, 7) is 6.73. The van der Waals surface area contributed by atoms with Crippen LogP contribution in [0.1, 0.15) is 64.0 Å². The Balaban J connectivity index is 1.62. The Bertz CT molecular complexity index is 438. The molecule has 4 heteroatoms. The Morgan fingerprint density at radius 1 is 1.15 bits per heavy atom. The van der Waals surface area contributed by atoms with Gasteiger partial charge in [-0.3, -0.25) is 0 Å². The van der Waals surface area contributed by atoms with Gasteiger partial charge in [-0.1, -0.05) is 26.7 Å². The molecule has 2 aliphatic rings. The molecule has 0 saturated heterocycles. The van der Waals surface area contributed by atoms with Crippen LogP contribution in [0.25, 0.3) is 0 Å². The first-order valence-corrected chi connectivity index (χ1v) is 8.40. The van der Waals surface area contributed by atoms with Crippen LogP contribution in [0.3, 0.4) is 0 Å². The molecule has 0 bridgehead atoms. The molecule has 112 valence electrons. The van der Waals surface area contributed by atoms with E-state index in [1.807, 2.05) is 0 Å². The zero-order valence-electron chi connectivity index (χ0n) is 12.9. The highest BCUT2D eigenvalue weighted by Crippen LogP contribution is 2.30. The maximum absolute atomic E-state index is 4.40. The number of aryl methyl sites for hydroxylation is 1. The molecular weight excluding hydrogens is 248 g/mol. The summed E-state index contributed by atoms with van der Waals surface area (Å²) in [7, 11) is 0. The number of nitrogens with one attached hydrogen (secondary N) is 1. The summed E-state index contributed by atoms with van der Waals surface area (Å²) in [5.74, 6) is 3.94. The molecule has 0 radical (unpaired) electrons. The Labute approximate surface area is 122 Å². The lowest BCUT2D eigenvalue weighted by Gasteiger charge is -2.35. The van der Waals surface area contributed by atoms with Gasteiger partial charge in [0.25, 0.3) is 0 Å². The van der Waals surface area contributed by atoms with E-state index in [9.17, 15) is 0 Å². The summed E-state index contributed by atoms with van der Waals surface area (Å²) in [6.07, 6.45) is 9.13. The predicted octanol–water partition coefficient (Wildman–Crippen LogP) is 2.92. The number of hydrogen-bond donors (Lipinski definition) is 1. The molecule has 1 aliphatic heterocycles. The van der Waals surface area contributed by atoms with E-state index in [1.165, 1.54) is 44.3 Å². The third kappa shape index (κ3) is 2.90. The summed E-state index contributed by atoms with van der Waals surface area (Å²) in [6, 6.07) is 0.667. The fourth-order valence-corrected chi connectivity index (χ4v) is 3.93. The van der Waals surface area contributed by atoms with E-state index < -0.39 is 0 Å². The van der Waals surface area contributed by atoms with Crippen molar-refractivity contribution in [2.45, 2.75) is 77.9 Å². The Kier molecular flexibility index (Phi) is 4.39. The zero-order valence-corrected chi connectivity index (χ0v) is 12.9. The monoisotopic (exact) mass is 276 g/mol. The van der Waals surface area contributed by atoms with Gasteiger partial charge in [0, 0.05) is 19.0 Å². The lowest BCUT2D eigenvalue weighted by Crippen LogP contribution is -2.41. The van der Waals surface area contributed by atoms with Gasteiger partial charge in [-0.25, -0.2) is 0 Å². The zero-order chi connectivity index (χ0) is 13.9. The fraction of sp³-hybridized carbons (Fsp3) is 0.875. The summed E-state index contributed by atoms with van der Waals surface area (Å²) in [5, 5.41) is 12.5. The smallest absolute Gasteiger partial charge is 0.147 e. The van der Waals surface area contributed by atoms with E-state index in [0.29, 0.717) is 6.04 Å². The highest BCUT2D eigenvalue weighted by Gasteiger charge is 2.27.